The molecule has 3 rings (SSSR count). The van der Waals surface area contributed by atoms with Crippen molar-refractivity contribution in [3.8, 4) is 5.75 Å². The van der Waals surface area contributed by atoms with Gasteiger partial charge in [0, 0.05) is 33.6 Å². The normalized spacial score (nSPS) is 12.1. The van der Waals surface area contributed by atoms with Gasteiger partial charge >= 0.3 is 0 Å². The minimum atomic E-state index is -0.806. The number of rotatable bonds is 9. The summed E-state index contributed by atoms with van der Waals surface area (Å²) in [5, 5.41) is 4.48. The van der Waals surface area contributed by atoms with E-state index in [-0.39, 0.29) is 25.0 Å². The zero-order valence-electron chi connectivity index (χ0n) is 20.4. The lowest BCUT2D eigenvalue weighted by atomic mass is 10.0. The zero-order chi connectivity index (χ0) is 26.3. The number of ether oxygens (including phenoxy) is 1. The highest BCUT2D eigenvalue weighted by Gasteiger charge is 2.32. The van der Waals surface area contributed by atoms with Crippen LogP contribution in [0.25, 0.3) is 0 Å². The fourth-order valence-electron chi connectivity index (χ4n) is 3.60. The van der Waals surface area contributed by atoms with Crippen molar-refractivity contribution in [3.05, 3.63) is 99.0 Å². The van der Waals surface area contributed by atoms with Crippen LogP contribution in [0.4, 0.5) is 0 Å². The topological polar surface area (TPSA) is 58.6 Å². The van der Waals surface area contributed by atoms with Gasteiger partial charge in [-0.05, 0) is 68.3 Å². The average molecular weight is 548 g/mol. The molecule has 0 heterocycles. The van der Waals surface area contributed by atoms with Gasteiger partial charge in [0.05, 0.1) is 0 Å². The molecule has 0 aromatic heterocycles. The smallest absolute Gasteiger partial charge is 0.261 e. The Morgan fingerprint density at radius 1 is 0.917 bits per heavy atom. The van der Waals surface area contributed by atoms with E-state index >= 15 is 0 Å². The summed E-state index contributed by atoms with van der Waals surface area (Å²) >= 11 is 18.5. The van der Waals surface area contributed by atoms with Gasteiger partial charge in [-0.3, -0.25) is 9.59 Å². The van der Waals surface area contributed by atoms with Crippen molar-refractivity contribution in [1.82, 2.24) is 10.2 Å². The molecule has 0 aliphatic carbocycles. The van der Waals surface area contributed by atoms with Crippen molar-refractivity contribution in [3.63, 3.8) is 0 Å². The summed E-state index contributed by atoms with van der Waals surface area (Å²) in [5.74, 6) is -0.131. The van der Waals surface area contributed by atoms with Gasteiger partial charge in [-0.25, -0.2) is 0 Å². The maximum absolute atomic E-state index is 13.6. The largest absolute Gasteiger partial charge is 0.484 e. The van der Waals surface area contributed by atoms with Crippen molar-refractivity contribution >= 4 is 46.6 Å². The molecule has 2 amide bonds. The molecule has 0 bridgehead atoms. The Morgan fingerprint density at radius 2 is 1.56 bits per heavy atom. The lowest BCUT2D eigenvalue weighted by Crippen LogP contribution is -2.55. The number of hydrogen-bond donors (Lipinski definition) is 1. The summed E-state index contributed by atoms with van der Waals surface area (Å²) in [7, 11) is 0. The maximum Gasteiger partial charge on any atom is 0.261 e. The molecule has 0 aliphatic rings. The first-order valence-corrected chi connectivity index (χ1v) is 12.6. The maximum atomic E-state index is 13.6. The van der Waals surface area contributed by atoms with E-state index in [9.17, 15) is 9.59 Å². The summed E-state index contributed by atoms with van der Waals surface area (Å²) in [6.07, 6.45) is 0.320. The van der Waals surface area contributed by atoms with Crippen LogP contribution in [-0.2, 0) is 22.6 Å². The second-order valence-corrected chi connectivity index (χ2v) is 10.7. The van der Waals surface area contributed by atoms with Crippen LogP contribution >= 0.6 is 34.8 Å². The van der Waals surface area contributed by atoms with Gasteiger partial charge in [-0.2, -0.15) is 0 Å². The third kappa shape index (κ3) is 8.44. The van der Waals surface area contributed by atoms with Crippen molar-refractivity contribution < 1.29 is 14.3 Å². The molecule has 0 spiro atoms. The van der Waals surface area contributed by atoms with Gasteiger partial charge in [-0.15, -0.1) is 0 Å². The first-order chi connectivity index (χ1) is 17.0. The Bertz CT molecular complexity index is 1180. The number of benzene rings is 3. The van der Waals surface area contributed by atoms with E-state index in [0.717, 1.165) is 5.56 Å². The van der Waals surface area contributed by atoms with Crippen molar-refractivity contribution in [2.75, 3.05) is 6.61 Å². The Balaban J connectivity index is 1.95. The summed E-state index contributed by atoms with van der Waals surface area (Å²) in [6, 6.07) is 20.6. The van der Waals surface area contributed by atoms with Gasteiger partial charge in [-0.1, -0.05) is 71.2 Å². The Morgan fingerprint density at radius 3 is 2.17 bits per heavy atom. The highest BCUT2D eigenvalue weighted by atomic mass is 35.5. The standard InChI is InChI=1S/C28H29Cl3N2O3/c1-28(2,3)32-27(35)25(15-19-7-5-4-6-8-19)33(17-20-9-10-22(30)16-24(20)31)26(34)18-36-23-13-11-21(29)12-14-23/h4-14,16,25H,15,17-18H2,1-3H3,(H,32,35). The molecule has 1 unspecified atom stereocenters. The summed E-state index contributed by atoms with van der Waals surface area (Å²) < 4.78 is 5.74. The van der Waals surface area contributed by atoms with Gasteiger partial charge in [0.25, 0.3) is 5.91 Å². The number of carbonyl (C=O) groups excluding carboxylic acids is 2. The van der Waals surface area contributed by atoms with E-state index in [4.69, 9.17) is 39.5 Å². The molecule has 3 aromatic rings. The minimum Gasteiger partial charge on any atom is -0.484 e. The van der Waals surface area contributed by atoms with E-state index in [2.05, 4.69) is 5.32 Å². The molecular formula is C28H29Cl3N2O3. The van der Waals surface area contributed by atoms with E-state index in [1.807, 2.05) is 51.1 Å². The van der Waals surface area contributed by atoms with Crippen molar-refractivity contribution in [2.45, 2.75) is 45.3 Å². The molecule has 36 heavy (non-hydrogen) atoms. The minimum absolute atomic E-state index is 0.105. The highest BCUT2D eigenvalue weighted by molar-refractivity contribution is 6.35. The number of halogens is 3. The first kappa shape index (κ1) is 27.9. The molecule has 0 saturated heterocycles. The SMILES string of the molecule is CC(C)(C)NC(=O)C(Cc1ccccc1)N(Cc1ccc(Cl)cc1Cl)C(=O)COc1ccc(Cl)cc1. The molecule has 3 aromatic carbocycles. The fraction of sp³-hybridized carbons (Fsp3) is 0.286. The second kappa shape index (κ2) is 12.5. The molecule has 190 valence electrons. The molecular weight excluding hydrogens is 519 g/mol. The van der Waals surface area contributed by atoms with Crippen LogP contribution in [0.2, 0.25) is 15.1 Å². The molecule has 0 saturated carbocycles. The zero-order valence-corrected chi connectivity index (χ0v) is 22.7. The lowest BCUT2D eigenvalue weighted by Gasteiger charge is -2.34. The Labute approximate surface area is 227 Å². The van der Waals surface area contributed by atoms with Gasteiger partial charge < -0.3 is 15.0 Å². The molecule has 0 fully saturated rings. The van der Waals surface area contributed by atoms with Crippen molar-refractivity contribution in [2.24, 2.45) is 0 Å². The van der Waals surface area contributed by atoms with E-state index in [1.54, 1.807) is 42.5 Å². The molecule has 1 N–H and O–H groups in total. The molecule has 5 nitrogen and oxygen atoms in total. The number of nitrogens with zero attached hydrogens (tertiary/aromatic N) is 1. The number of amides is 2. The van der Waals surface area contributed by atoms with Crippen LogP contribution < -0.4 is 10.1 Å². The molecule has 1 atom stereocenters. The molecule has 8 heteroatoms. The van der Waals surface area contributed by atoms with Crippen LogP contribution in [0.15, 0.2) is 72.8 Å². The van der Waals surface area contributed by atoms with E-state index in [1.165, 1.54) is 4.90 Å². The van der Waals surface area contributed by atoms with Crippen LogP contribution in [0.5, 0.6) is 5.75 Å². The monoisotopic (exact) mass is 546 g/mol. The van der Waals surface area contributed by atoms with Crippen LogP contribution in [0.1, 0.15) is 31.9 Å². The predicted molar refractivity (Wildman–Crippen MR) is 146 cm³/mol. The summed E-state index contributed by atoms with van der Waals surface area (Å²) in [4.78, 5) is 28.6. The van der Waals surface area contributed by atoms with Crippen LogP contribution in [0, 0.1) is 0 Å². The van der Waals surface area contributed by atoms with E-state index < -0.39 is 11.6 Å². The second-order valence-electron chi connectivity index (χ2n) is 9.44. The Kier molecular flexibility index (Phi) is 9.66. The van der Waals surface area contributed by atoms with Crippen LogP contribution in [0.3, 0.4) is 0 Å². The third-order valence-corrected chi connectivity index (χ3v) is 6.14. The highest BCUT2D eigenvalue weighted by Crippen LogP contribution is 2.25. The van der Waals surface area contributed by atoms with E-state index in [0.29, 0.717) is 32.8 Å². The van der Waals surface area contributed by atoms with Gasteiger partial charge in [0.1, 0.15) is 11.8 Å². The summed E-state index contributed by atoms with van der Waals surface area (Å²) in [5.41, 5.74) is 1.10. The number of nitrogens with one attached hydrogen (secondary N) is 1. The quantitative estimate of drug-likeness (QED) is 0.329. The first-order valence-electron chi connectivity index (χ1n) is 11.5. The van der Waals surface area contributed by atoms with Crippen molar-refractivity contribution in [1.29, 1.82) is 0 Å². The van der Waals surface area contributed by atoms with Gasteiger partial charge in [0.15, 0.2) is 6.61 Å². The lowest BCUT2D eigenvalue weighted by molar-refractivity contribution is -0.143. The number of hydrogen-bond acceptors (Lipinski definition) is 3. The predicted octanol–water partition coefficient (Wildman–Crippen LogP) is 6.58. The Hall–Kier alpha value is -2.73. The average Bonchev–Trinajstić information content (AvgIpc) is 2.81. The van der Waals surface area contributed by atoms with Crippen LogP contribution in [-0.4, -0.2) is 34.9 Å². The number of carbonyl (C=O) groups is 2. The molecule has 0 aliphatic heterocycles. The fourth-order valence-corrected chi connectivity index (χ4v) is 4.19. The van der Waals surface area contributed by atoms with Gasteiger partial charge in [0.2, 0.25) is 5.91 Å². The summed E-state index contributed by atoms with van der Waals surface area (Å²) in [6.45, 7) is 5.54. The molecule has 0 radical (unpaired) electrons. The third-order valence-electron chi connectivity index (χ3n) is 5.30.